The van der Waals surface area contributed by atoms with Gasteiger partial charge in [0.2, 0.25) is 21.8 Å². The molecule has 3 atom stereocenters. The second kappa shape index (κ2) is 9.40. The molecule has 2 aromatic rings. The normalized spacial score (nSPS) is 23.9. The van der Waals surface area contributed by atoms with E-state index in [0.717, 1.165) is 12.8 Å². The third-order valence-electron chi connectivity index (χ3n) is 6.38. The number of H-pyrrole nitrogens is 1. The van der Waals surface area contributed by atoms with Crippen molar-refractivity contribution in [3.8, 4) is 0 Å². The minimum atomic E-state index is -4.02. The zero-order valence-corrected chi connectivity index (χ0v) is 20.1. The number of rotatable bonds is 6. The van der Waals surface area contributed by atoms with Gasteiger partial charge in [-0.15, -0.1) is 5.10 Å². The number of halogens is 1. The zero-order valence-electron chi connectivity index (χ0n) is 18.5. The van der Waals surface area contributed by atoms with Crippen molar-refractivity contribution in [2.24, 2.45) is 5.92 Å². The molecule has 2 saturated heterocycles. The number of carbonyl (C=O) groups is 2. The topological polar surface area (TPSA) is 128 Å². The fourth-order valence-electron chi connectivity index (χ4n) is 4.85. The number of hydrogen-bond acceptors (Lipinski definition) is 6. The molecule has 10 nitrogen and oxygen atoms in total. The molecule has 12 heteroatoms. The zero-order chi connectivity index (χ0) is 23.8. The van der Waals surface area contributed by atoms with E-state index in [0.29, 0.717) is 37.3 Å². The fraction of sp³-hybridized carbons (Fsp3) is 0.524. The Morgan fingerprint density at radius 2 is 2.12 bits per heavy atom. The van der Waals surface area contributed by atoms with Crippen molar-refractivity contribution < 1.29 is 18.0 Å². The predicted octanol–water partition coefficient (Wildman–Crippen LogP) is 2.40. The Morgan fingerprint density at radius 1 is 1.33 bits per heavy atom. The third-order valence-corrected chi connectivity index (χ3v) is 8.63. The van der Waals surface area contributed by atoms with E-state index in [4.69, 9.17) is 11.6 Å². The van der Waals surface area contributed by atoms with Gasteiger partial charge < -0.3 is 10.2 Å². The second-order valence-corrected chi connectivity index (χ2v) is 10.8. The Bertz CT molecular complexity index is 1140. The maximum Gasteiger partial charge on any atom is 0.244 e. The van der Waals surface area contributed by atoms with Gasteiger partial charge in [0, 0.05) is 19.5 Å². The number of fused-ring (bicyclic) bond motifs is 2. The van der Waals surface area contributed by atoms with Crippen LogP contribution in [0.25, 0.3) is 0 Å². The average molecular weight is 495 g/mol. The number of carbonyl (C=O) groups excluding carboxylic acids is 2. The van der Waals surface area contributed by atoms with Crippen LogP contribution in [0.3, 0.4) is 0 Å². The maximum absolute atomic E-state index is 13.9. The van der Waals surface area contributed by atoms with Crippen LogP contribution < -0.4 is 5.32 Å². The van der Waals surface area contributed by atoms with Crippen molar-refractivity contribution in [1.29, 1.82) is 0 Å². The van der Waals surface area contributed by atoms with E-state index in [1.165, 1.54) is 29.4 Å². The maximum atomic E-state index is 13.9. The Kier molecular flexibility index (Phi) is 6.73. The van der Waals surface area contributed by atoms with Gasteiger partial charge in [0.25, 0.3) is 0 Å². The van der Waals surface area contributed by atoms with Crippen LogP contribution in [0.1, 0.15) is 45.2 Å². The molecule has 2 bridgehead atoms. The summed E-state index contributed by atoms with van der Waals surface area (Å²) in [5.74, 6) is -0.535. The number of benzene rings is 1. The molecule has 1 aromatic heterocycles. The van der Waals surface area contributed by atoms with Crippen molar-refractivity contribution in [1.82, 2.24) is 24.6 Å². The second-order valence-electron chi connectivity index (χ2n) is 8.54. The van der Waals surface area contributed by atoms with E-state index in [-0.39, 0.29) is 33.7 Å². The van der Waals surface area contributed by atoms with Gasteiger partial charge in [0.05, 0.1) is 34.0 Å². The molecule has 2 fully saturated rings. The molecule has 178 valence electrons. The molecule has 0 aliphatic carbocycles. The summed E-state index contributed by atoms with van der Waals surface area (Å²) in [4.78, 5) is 26.7. The van der Waals surface area contributed by atoms with Crippen LogP contribution in [0.5, 0.6) is 0 Å². The highest BCUT2D eigenvalue weighted by molar-refractivity contribution is 7.89. The highest BCUT2D eigenvalue weighted by Crippen LogP contribution is 2.39. The number of nitrogens with zero attached hydrogens (tertiary/aromatic N) is 4. The van der Waals surface area contributed by atoms with Crippen LogP contribution >= 0.6 is 11.6 Å². The van der Waals surface area contributed by atoms with E-state index in [2.05, 4.69) is 20.7 Å². The molecule has 33 heavy (non-hydrogen) atoms. The molecule has 0 radical (unpaired) electrons. The number of sulfonamides is 1. The molecule has 2 N–H and O–H groups in total. The van der Waals surface area contributed by atoms with Crippen LogP contribution in [0.4, 0.5) is 5.69 Å². The van der Waals surface area contributed by atoms with E-state index in [9.17, 15) is 18.0 Å². The fourth-order valence-corrected chi connectivity index (χ4v) is 7.06. The number of amides is 2. The Hall–Kier alpha value is -2.50. The molecule has 2 aliphatic rings. The molecule has 1 aromatic carbocycles. The average Bonchev–Trinajstić information content (AvgIpc) is 3.27. The summed E-state index contributed by atoms with van der Waals surface area (Å²) < 4.78 is 29.1. The molecule has 4 rings (SSSR count). The van der Waals surface area contributed by atoms with Crippen molar-refractivity contribution in [3.63, 3.8) is 0 Å². The van der Waals surface area contributed by atoms with E-state index < -0.39 is 16.1 Å². The van der Waals surface area contributed by atoms with Gasteiger partial charge in [0.1, 0.15) is 6.04 Å². The lowest BCUT2D eigenvalue weighted by Crippen LogP contribution is -2.54. The lowest BCUT2D eigenvalue weighted by atomic mass is 9.89. The number of aromatic amines is 1. The van der Waals surface area contributed by atoms with Crippen LogP contribution in [0.2, 0.25) is 5.02 Å². The van der Waals surface area contributed by atoms with Crippen molar-refractivity contribution in [2.45, 2.75) is 63.1 Å². The van der Waals surface area contributed by atoms with Gasteiger partial charge in [-0.25, -0.2) is 8.42 Å². The van der Waals surface area contributed by atoms with Crippen LogP contribution in [-0.2, 0) is 26.2 Å². The van der Waals surface area contributed by atoms with Gasteiger partial charge >= 0.3 is 0 Å². The summed E-state index contributed by atoms with van der Waals surface area (Å²) in [7, 11) is -4.02. The third kappa shape index (κ3) is 4.62. The molecule has 2 unspecified atom stereocenters. The number of hydrogen-bond donors (Lipinski definition) is 2. The van der Waals surface area contributed by atoms with Gasteiger partial charge in [-0.3, -0.25) is 14.7 Å². The first kappa shape index (κ1) is 23.7. The highest BCUT2D eigenvalue weighted by atomic mass is 35.5. The Morgan fingerprint density at radius 3 is 2.76 bits per heavy atom. The van der Waals surface area contributed by atoms with E-state index >= 15 is 0 Å². The van der Waals surface area contributed by atoms with Gasteiger partial charge in [-0.05, 0) is 43.4 Å². The molecule has 0 saturated carbocycles. The van der Waals surface area contributed by atoms with E-state index in [1.807, 2.05) is 6.92 Å². The Balaban J connectivity index is 1.72. The summed E-state index contributed by atoms with van der Waals surface area (Å²) in [6.45, 7) is 4.13. The highest BCUT2D eigenvalue weighted by Gasteiger charge is 2.49. The molecular formula is C21H27ClN6O4S. The number of aromatic nitrogens is 3. The van der Waals surface area contributed by atoms with Gasteiger partial charge in [-0.1, -0.05) is 30.2 Å². The summed E-state index contributed by atoms with van der Waals surface area (Å²) in [6.07, 6.45) is 4.24. The molecule has 2 aliphatic heterocycles. The first-order valence-electron chi connectivity index (χ1n) is 11.0. The monoisotopic (exact) mass is 494 g/mol. The van der Waals surface area contributed by atoms with Crippen LogP contribution in [-0.4, -0.2) is 63.5 Å². The standard InChI is InChI=1S/C21H27ClN6O4S/c1-3-14-11-27(12-15-10-23-26-25-15)21(30)20-6-4-5-19(14)28(20)33(31,32)16-7-8-18(17(22)9-16)24-13(2)29/h7-10,14,19-20H,3-6,11-12H2,1-2H3,(H,24,29)(H,23,25,26)/t14-,19?,20?/m0/s1. The lowest BCUT2D eigenvalue weighted by molar-refractivity contribution is -0.135. The molecular weight excluding hydrogens is 468 g/mol. The summed E-state index contributed by atoms with van der Waals surface area (Å²) in [5.41, 5.74) is 1.03. The minimum absolute atomic E-state index is 0.00683. The Labute approximate surface area is 197 Å². The molecule has 0 spiro atoms. The molecule has 2 amide bonds. The smallest absolute Gasteiger partial charge is 0.244 e. The largest absolute Gasteiger partial charge is 0.335 e. The van der Waals surface area contributed by atoms with Gasteiger partial charge in [-0.2, -0.15) is 4.31 Å². The first-order valence-corrected chi connectivity index (χ1v) is 12.8. The van der Waals surface area contributed by atoms with Crippen LogP contribution in [0, 0.1) is 5.92 Å². The number of anilines is 1. The summed E-state index contributed by atoms with van der Waals surface area (Å²) in [5, 5.41) is 13.0. The quantitative estimate of drug-likeness (QED) is 0.634. The first-order chi connectivity index (χ1) is 15.7. The van der Waals surface area contributed by atoms with Gasteiger partial charge in [0.15, 0.2) is 0 Å². The summed E-state index contributed by atoms with van der Waals surface area (Å²) >= 11 is 6.27. The molecule has 3 heterocycles. The SMILES string of the molecule is CC[C@H]1CN(Cc2cnn[nH]2)C(=O)C2CCCC1N2S(=O)(=O)c1ccc(NC(C)=O)c(Cl)c1. The lowest BCUT2D eigenvalue weighted by Gasteiger charge is -2.40. The minimum Gasteiger partial charge on any atom is -0.335 e. The number of nitrogens with one attached hydrogen (secondary N) is 2. The van der Waals surface area contributed by atoms with Crippen LogP contribution in [0.15, 0.2) is 29.3 Å². The predicted molar refractivity (Wildman–Crippen MR) is 122 cm³/mol. The number of piperidine rings is 1. The van der Waals surface area contributed by atoms with E-state index in [1.54, 1.807) is 11.1 Å². The van der Waals surface area contributed by atoms with Crippen molar-refractivity contribution in [2.75, 3.05) is 11.9 Å². The van der Waals surface area contributed by atoms with Crippen molar-refractivity contribution in [3.05, 3.63) is 35.1 Å². The van der Waals surface area contributed by atoms with Crippen molar-refractivity contribution >= 4 is 39.1 Å². The summed E-state index contributed by atoms with van der Waals surface area (Å²) in [6, 6.07) is 3.16.